The van der Waals surface area contributed by atoms with Gasteiger partial charge in [-0.25, -0.2) is 0 Å². The van der Waals surface area contributed by atoms with Crippen LogP contribution in [-0.2, 0) is 23.8 Å². The monoisotopic (exact) mass is 470 g/mol. The van der Waals surface area contributed by atoms with Gasteiger partial charge in [-0.1, -0.05) is 18.6 Å². The van der Waals surface area contributed by atoms with Crippen molar-refractivity contribution in [1.29, 1.82) is 0 Å². The van der Waals surface area contributed by atoms with Gasteiger partial charge in [-0.2, -0.15) is 0 Å². The Kier molecular flexibility index (Phi) is 5.85. The summed E-state index contributed by atoms with van der Waals surface area (Å²) < 4.78 is 17.3. The van der Waals surface area contributed by atoms with Crippen LogP contribution in [0.1, 0.15) is 47.0 Å². The van der Waals surface area contributed by atoms with E-state index >= 15 is 0 Å². The summed E-state index contributed by atoms with van der Waals surface area (Å²) in [5, 5.41) is 52.3. The number of Topliss-reactive ketones (excluding diaryl/α,β-unsaturated/α-hetero) is 1. The smallest absolute Gasteiger partial charge is 0.303 e. The number of ketones is 1. The molecule has 0 bridgehead atoms. The predicted molar refractivity (Wildman–Crippen MR) is 111 cm³/mol. The van der Waals surface area contributed by atoms with Crippen LogP contribution in [0, 0.1) is 16.7 Å². The predicted octanol–water partition coefficient (Wildman–Crippen LogP) is -0.809. The van der Waals surface area contributed by atoms with E-state index in [0.717, 1.165) is 12.5 Å². The van der Waals surface area contributed by atoms with Crippen LogP contribution in [-0.4, -0.2) is 92.4 Å². The molecule has 0 unspecified atom stereocenters. The zero-order valence-corrected chi connectivity index (χ0v) is 19.4. The van der Waals surface area contributed by atoms with Crippen LogP contribution >= 0.6 is 0 Å². The number of carbonyl (C=O) groups excluding carboxylic acids is 2. The molecule has 9 atom stereocenters. The summed E-state index contributed by atoms with van der Waals surface area (Å²) in [6.45, 7) is 5.12. The van der Waals surface area contributed by atoms with Gasteiger partial charge in [-0.15, -0.1) is 0 Å². The second-order valence-electron chi connectivity index (χ2n) is 10.6. The van der Waals surface area contributed by atoms with Gasteiger partial charge < -0.3 is 39.7 Å². The average molecular weight is 471 g/mol. The first-order chi connectivity index (χ1) is 15.3. The van der Waals surface area contributed by atoms with Crippen LogP contribution in [0.4, 0.5) is 0 Å². The lowest BCUT2D eigenvalue weighted by Gasteiger charge is -2.52. The Morgan fingerprint density at radius 1 is 1.21 bits per heavy atom. The molecular formula is C23H34O10. The molecule has 1 saturated heterocycles. The fourth-order valence-electron chi connectivity index (χ4n) is 6.40. The van der Waals surface area contributed by atoms with Crippen LogP contribution in [0.2, 0.25) is 0 Å². The number of hydrogen-bond donors (Lipinski definition) is 5. The molecule has 2 saturated carbocycles. The Labute approximate surface area is 192 Å². The molecule has 0 aromatic rings. The average Bonchev–Trinajstić information content (AvgIpc) is 3.51. The molecule has 10 heteroatoms. The minimum atomic E-state index is -1.62. The molecule has 0 radical (unpaired) electrons. The molecule has 1 spiro atoms. The summed E-state index contributed by atoms with van der Waals surface area (Å²) >= 11 is 0. The quantitative estimate of drug-likeness (QED) is 0.254. The summed E-state index contributed by atoms with van der Waals surface area (Å²) in [7, 11) is 0. The van der Waals surface area contributed by atoms with E-state index in [1.807, 2.05) is 6.92 Å². The topological polar surface area (TPSA) is 163 Å². The van der Waals surface area contributed by atoms with Crippen molar-refractivity contribution < 1.29 is 49.3 Å². The Balaban J connectivity index is 1.80. The lowest BCUT2D eigenvalue weighted by atomic mass is 9.61. The number of ether oxygens (including phenoxy) is 3. The van der Waals surface area contributed by atoms with E-state index in [4.69, 9.17) is 14.2 Å². The number of carbonyl (C=O) groups is 2. The number of hydrogen-bond acceptors (Lipinski definition) is 10. The molecule has 5 N–H and O–H groups in total. The molecule has 3 aliphatic carbocycles. The van der Waals surface area contributed by atoms with Gasteiger partial charge in [0.25, 0.3) is 0 Å². The molecular weight excluding hydrogens is 436 g/mol. The normalized spacial score (nSPS) is 48.4. The van der Waals surface area contributed by atoms with Gasteiger partial charge >= 0.3 is 5.97 Å². The highest BCUT2D eigenvalue weighted by Crippen LogP contribution is 2.69. The minimum absolute atomic E-state index is 0.0265. The molecule has 1 aliphatic heterocycles. The second kappa shape index (κ2) is 7.81. The molecule has 4 rings (SSSR count). The molecule has 33 heavy (non-hydrogen) atoms. The van der Waals surface area contributed by atoms with Crippen LogP contribution in [0.25, 0.3) is 0 Å². The Bertz CT molecular complexity index is 863. The Morgan fingerprint density at radius 3 is 2.36 bits per heavy atom. The number of aliphatic hydroxyl groups is 5. The van der Waals surface area contributed by atoms with E-state index in [9.17, 15) is 35.1 Å². The maximum atomic E-state index is 13.6. The van der Waals surface area contributed by atoms with Crippen molar-refractivity contribution in [2.75, 3.05) is 13.2 Å². The van der Waals surface area contributed by atoms with Gasteiger partial charge in [-0.3, -0.25) is 9.59 Å². The van der Waals surface area contributed by atoms with Crippen LogP contribution in [0.5, 0.6) is 0 Å². The van der Waals surface area contributed by atoms with Crippen LogP contribution in [0.3, 0.4) is 0 Å². The maximum Gasteiger partial charge on any atom is 0.303 e. The largest absolute Gasteiger partial charge is 0.454 e. The maximum absolute atomic E-state index is 13.6. The highest BCUT2D eigenvalue weighted by atomic mass is 16.7. The third-order valence-electron chi connectivity index (χ3n) is 8.32. The lowest BCUT2D eigenvalue weighted by molar-refractivity contribution is -0.332. The van der Waals surface area contributed by atoms with Crippen molar-refractivity contribution in [2.45, 2.75) is 88.9 Å². The standard InChI is InChI=1S/C23H34O10/c1-11-7-23(33-19-16(31-12(2)26)15(28)14(27)13(8-24)32-19)9-20(3,10-25)18(29)17(23)21(4,30)22(11)5-6-22/h7,13-17,19,24-25,27-28,30H,5-6,8-10H2,1-4H3/t13-,14+,15+,16+,17+,19-,20-,21+,23-/m0/s1. The van der Waals surface area contributed by atoms with Gasteiger partial charge in [0, 0.05) is 12.3 Å². The van der Waals surface area contributed by atoms with E-state index < -0.39 is 77.8 Å². The first-order valence-electron chi connectivity index (χ1n) is 11.3. The summed E-state index contributed by atoms with van der Waals surface area (Å²) in [5.74, 6) is -2.14. The molecule has 0 amide bonds. The van der Waals surface area contributed by atoms with E-state index in [-0.39, 0.29) is 12.2 Å². The minimum Gasteiger partial charge on any atom is -0.454 e. The van der Waals surface area contributed by atoms with Gasteiger partial charge in [0.15, 0.2) is 12.4 Å². The van der Waals surface area contributed by atoms with Gasteiger partial charge in [-0.05, 0) is 33.1 Å². The third kappa shape index (κ3) is 3.42. The van der Waals surface area contributed by atoms with Crippen molar-refractivity contribution in [3.63, 3.8) is 0 Å². The fourth-order valence-corrected chi connectivity index (χ4v) is 6.40. The Morgan fingerprint density at radius 2 is 1.85 bits per heavy atom. The summed E-state index contributed by atoms with van der Waals surface area (Å²) in [5.41, 5.74) is -3.83. The van der Waals surface area contributed by atoms with Crippen LogP contribution in [0.15, 0.2) is 11.6 Å². The van der Waals surface area contributed by atoms with E-state index in [2.05, 4.69) is 0 Å². The molecule has 0 aromatic carbocycles. The van der Waals surface area contributed by atoms with E-state index in [1.165, 1.54) is 0 Å². The number of rotatable bonds is 5. The van der Waals surface area contributed by atoms with E-state index in [0.29, 0.717) is 12.8 Å². The molecule has 1 heterocycles. The molecule has 4 aliphatic rings. The highest BCUT2D eigenvalue weighted by Gasteiger charge is 2.74. The lowest BCUT2D eigenvalue weighted by Crippen LogP contribution is -2.64. The molecule has 186 valence electrons. The number of aliphatic hydroxyl groups excluding tert-OH is 4. The van der Waals surface area contributed by atoms with Gasteiger partial charge in [0.1, 0.15) is 29.7 Å². The summed E-state index contributed by atoms with van der Waals surface area (Å²) in [4.78, 5) is 25.3. The first kappa shape index (κ1) is 24.7. The number of esters is 1. The SMILES string of the molecule is CC(=O)O[C@H]1[C@H](O[C@]23C=C(C)C4(CC4)[C@](C)(O)[C@H]2C(=O)[C@](C)(CO)C3)O[C@@H](CO)[C@@H](O)[C@H]1O. The molecule has 0 aromatic heterocycles. The zero-order chi connectivity index (χ0) is 24.6. The highest BCUT2D eigenvalue weighted by molar-refractivity contribution is 5.93. The summed E-state index contributed by atoms with van der Waals surface area (Å²) in [6, 6.07) is 0. The van der Waals surface area contributed by atoms with Crippen molar-refractivity contribution >= 4 is 11.8 Å². The van der Waals surface area contributed by atoms with Crippen molar-refractivity contribution in [3.8, 4) is 0 Å². The molecule has 10 nitrogen and oxygen atoms in total. The van der Waals surface area contributed by atoms with E-state index in [1.54, 1.807) is 19.9 Å². The van der Waals surface area contributed by atoms with Gasteiger partial charge in [0.05, 0.1) is 30.1 Å². The van der Waals surface area contributed by atoms with Gasteiger partial charge in [0.2, 0.25) is 0 Å². The molecule has 3 fully saturated rings. The Hall–Kier alpha value is -1.40. The van der Waals surface area contributed by atoms with Crippen molar-refractivity contribution in [1.82, 2.24) is 0 Å². The first-order valence-corrected chi connectivity index (χ1v) is 11.3. The van der Waals surface area contributed by atoms with Crippen LogP contribution < -0.4 is 0 Å². The fraction of sp³-hybridized carbons (Fsp3) is 0.826. The second-order valence-corrected chi connectivity index (χ2v) is 10.6. The van der Waals surface area contributed by atoms with Crippen molar-refractivity contribution in [2.24, 2.45) is 16.7 Å². The third-order valence-corrected chi connectivity index (χ3v) is 8.32. The number of fused-ring (bicyclic) bond motifs is 1. The zero-order valence-electron chi connectivity index (χ0n) is 19.4. The van der Waals surface area contributed by atoms with Crippen molar-refractivity contribution in [3.05, 3.63) is 11.6 Å². The summed E-state index contributed by atoms with van der Waals surface area (Å²) in [6.07, 6.45) is -4.03.